The molecule has 3 rings (SSSR count). The first-order chi connectivity index (χ1) is 11.9. The summed E-state index contributed by atoms with van der Waals surface area (Å²) in [4.78, 5) is 16.1. The number of hydrogen-bond acceptors (Lipinski definition) is 8. The van der Waals surface area contributed by atoms with Gasteiger partial charge in [-0.1, -0.05) is 17.3 Å². The molecule has 0 aliphatic rings. The predicted molar refractivity (Wildman–Crippen MR) is 90.6 cm³/mol. The number of ether oxygens (including phenoxy) is 1. The summed E-state index contributed by atoms with van der Waals surface area (Å²) in [5.74, 6) is -0.539. The van der Waals surface area contributed by atoms with Crippen LogP contribution in [0, 0.1) is 13.8 Å². The van der Waals surface area contributed by atoms with Crippen LogP contribution in [-0.4, -0.2) is 31.1 Å². The van der Waals surface area contributed by atoms with E-state index in [1.54, 1.807) is 0 Å². The van der Waals surface area contributed by atoms with Crippen molar-refractivity contribution in [3.63, 3.8) is 0 Å². The SMILES string of the molecule is Cc1noc(C)c1S(=O)(=O)NCC(=O)OCc1nc2ccccc2s1. The van der Waals surface area contributed by atoms with Crippen LogP contribution in [-0.2, 0) is 26.2 Å². The standard InChI is InChI=1S/C15H15N3O5S2/c1-9-15(10(2)23-18-9)25(20,21)16-7-14(19)22-8-13-17-11-5-3-4-6-12(11)24-13/h3-6,16H,7-8H2,1-2H3. The maximum Gasteiger partial charge on any atom is 0.321 e. The summed E-state index contributed by atoms with van der Waals surface area (Å²) >= 11 is 1.42. The molecule has 0 aliphatic carbocycles. The fourth-order valence-corrected chi connectivity index (χ4v) is 4.43. The zero-order valence-corrected chi connectivity index (χ0v) is 15.1. The van der Waals surface area contributed by atoms with Crippen LogP contribution in [0.3, 0.4) is 0 Å². The highest BCUT2D eigenvalue weighted by Crippen LogP contribution is 2.22. The van der Waals surface area contributed by atoms with Gasteiger partial charge in [0.25, 0.3) is 0 Å². The van der Waals surface area contributed by atoms with Crippen molar-refractivity contribution in [2.75, 3.05) is 6.54 Å². The van der Waals surface area contributed by atoms with E-state index in [1.807, 2.05) is 24.3 Å². The number of benzene rings is 1. The largest absolute Gasteiger partial charge is 0.457 e. The lowest BCUT2D eigenvalue weighted by molar-refractivity contribution is -0.143. The van der Waals surface area contributed by atoms with E-state index in [-0.39, 0.29) is 23.0 Å². The number of nitrogens with one attached hydrogen (secondary N) is 1. The summed E-state index contributed by atoms with van der Waals surface area (Å²) in [6, 6.07) is 7.58. The summed E-state index contributed by atoms with van der Waals surface area (Å²) in [7, 11) is -3.90. The molecule has 8 nitrogen and oxygen atoms in total. The van der Waals surface area contributed by atoms with Crippen molar-refractivity contribution in [1.29, 1.82) is 0 Å². The minimum atomic E-state index is -3.90. The summed E-state index contributed by atoms with van der Waals surface area (Å²) in [6.07, 6.45) is 0. The van der Waals surface area contributed by atoms with Crippen LogP contribution in [0.5, 0.6) is 0 Å². The second-order valence-electron chi connectivity index (χ2n) is 5.21. The van der Waals surface area contributed by atoms with Crippen LogP contribution in [0.15, 0.2) is 33.7 Å². The minimum absolute atomic E-state index is 0.00870. The number of aryl methyl sites for hydroxylation is 2. The number of esters is 1. The molecule has 0 saturated carbocycles. The molecule has 0 fully saturated rings. The molecular formula is C15H15N3O5S2. The third kappa shape index (κ3) is 3.86. The van der Waals surface area contributed by atoms with E-state index in [0.717, 1.165) is 10.2 Å². The van der Waals surface area contributed by atoms with E-state index < -0.39 is 22.5 Å². The molecule has 1 aromatic carbocycles. The van der Waals surface area contributed by atoms with Gasteiger partial charge in [0.05, 0.1) is 10.2 Å². The Balaban J connectivity index is 1.57. The Morgan fingerprint density at radius 1 is 1.32 bits per heavy atom. The lowest BCUT2D eigenvalue weighted by atomic mass is 10.3. The maximum atomic E-state index is 12.2. The maximum absolute atomic E-state index is 12.2. The first kappa shape index (κ1) is 17.5. The molecule has 25 heavy (non-hydrogen) atoms. The third-order valence-corrected chi connectivity index (χ3v) is 5.99. The number of carbonyl (C=O) groups is 1. The van der Waals surface area contributed by atoms with E-state index in [2.05, 4.69) is 14.9 Å². The average Bonchev–Trinajstić information content (AvgIpc) is 3.14. The van der Waals surface area contributed by atoms with Gasteiger partial charge in [0, 0.05) is 0 Å². The zero-order chi connectivity index (χ0) is 18.0. The molecule has 2 heterocycles. The summed E-state index contributed by atoms with van der Waals surface area (Å²) < 4.78 is 37.5. The number of carbonyl (C=O) groups excluding carboxylic acids is 1. The Kier molecular flexibility index (Phi) is 4.84. The number of para-hydroxylation sites is 1. The summed E-state index contributed by atoms with van der Waals surface area (Å²) in [5, 5.41) is 4.23. The lowest BCUT2D eigenvalue weighted by Crippen LogP contribution is -2.31. The van der Waals surface area contributed by atoms with Crippen molar-refractivity contribution in [3.8, 4) is 0 Å². The van der Waals surface area contributed by atoms with E-state index in [4.69, 9.17) is 9.26 Å². The van der Waals surface area contributed by atoms with Gasteiger partial charge in [-0.25, -0.2) is 13.4 Å². The molecule has 0 atom stereocenters. The van der Waals surface area contributed by atoms with Crippen LogP contribution in [0.2, 0.25) is 0 Å². The van der Waals surface area contributed by atoms with Crippen LogP contribution in [0.1, 0.15) is 16.5 Å². The van der Waals surface area contributed by atoms with Gasteiger partial charge in [-0.15, -0.1) is 11.3 Å². The second kappa shape index (κ2) is 6.90. The Morgan fingerprint density at radius 3 is 2.76 bits per heavy atom. The average molecular weight is 381 g/mol. The van der Waals surface area contributed by atoms with Crippen molar-refractivity contribution >= 4 is 37.5 Å². The Hall–Kier alpha value is -2.30. The first-order valence-electron chi connectivity index (χ1n) is 7.29. The molecule has 0 unspecified atom stereocenters. The van der Waals surface area contributed by atoms with Gasteiger partial charge in [0.2, 0.25) is 10.0 Å². The molecule has 0 radical (unpaired) electrons. The molecule has 132 valence electrons. The van der Waals surface area contributed by atoms with Crippen molar-refractivity contribution in [2.24, 2.45) is 0 Å². The molecule has 2 aromatic heterocycles. The van der Waals surface area contributed by atoms with Gasteiger partial charge < -0.3 is 9.26 Å². The number of thiazole rings is 1. The van der Waals surface area contributed by atoms with E-state index in [0.29, 0.717) is 5.01 Å². The van der Waals surface area contributed by atoms with Crippen LogP contribution < -0.4 is 4.72 Å². The fourth-order valence-electron chi connectivity index (χ4n) is 2.26. The Bertz CT molecular complexity index is 970. The van der Waals surface area contributed by atoms with E-state index in [1.165, 1.54) is 25.2 Å². The zero-order valence-electron chi connectivity index (χ0n) is 13.5. The number of aromatic nitrogens is 2. The third-order valence-electron chi connectivity index (χ3n) is 3.34. The van der Waals surface area contributed by atoms with Crippen molar-refractivity contribution in [1.82, 2.24) is 14.9 Å². The topological polar surface area (TPSA) is 111 Å². The molecular weight excluding hydrogens is 366 g/mol. The van der Waals surface area contributed by atoms with E-state index in [9.17, 15) is 13.2 Å². The highest BCUT2D eigenvalue weighted by Gasteiger charge is 2.24. The van der Waals surface area contributed by atoms with Crippen LogP contribution in [0.25, 0.3) is 10.2 Å². The molecule has 0 saturated heterocycles. The Morgan fingerprint density at radius 2 is 2.08 bits per heavy atom. The van der Waals surface area contributed by atoms with Gasteiger partial charge in [0.1, 0.15) is 28.7 Å². The first-order valence-corrected chi connectivity index (χ1v) is 9.59. The highest BCUT2D eigenvalue weighted by molar-refractivity contribution is 7.89. The summed E-state index contributed by atoms with van der Waals surface area (Å²) in [6.45, 7) is 2.50. The number of hydrogen-bond donors (Lipinski definition) is 1. The minimum Gasteiger partial charge on any atom is -0.457 e. The predicted octanol–water partition coefficient (Wildman–Crippen LogP) is 1.92. The number of nitrogens with zero attached hydrogens (tertiary/aromatic N) is 2. The fraction of sp³-hybridized carbons (Fsp3) is 0.267. The second-order valence-corrected chi connectivity index (χ2v) is 8.03. The molecule has 1 N–H and O–H groups in total. The van der Waals surface area contributed by atoms with Gasteiger partial charge in [-0.3, -0.25) is 4.79 Å². The molecule has 0 spiro atoms. The van der Waals surface area contributed by atoms with Crippen molar-refractivity contribution in [2.45, 2.75) is 25.3 Å². The normalized spacial score (nSPS) is 11.8. The van der Waals surface area contributed by atoms with Gasteiger partial charge in [-0.05, 0) is 26.0 Å². The van der Waals surface area contributed by atoms with Gasteiger partial charge >= 0.3 is 5.97 Å². The number of sulfonamides is 1. The van der Waals surface area contributed by atoms with Gasteiger partial charge in [0.15, 0.2) is 5.76 Å². The summed E-state index contributed by atoms with van der Waals surface area (Å²) in [5.41, 5.74) is 1.06. The number of rotatable bonds is 6. The van der Waals surface area contributed by atoms with Crippen molar-refractivity contribution in [3.05, 3.63) is 40.7 Å². The quantitative estimate of drug-likeness (QED) is 0.649. The molecule has 0 aliphatic heterocycles. The smallest absolute Gasteiger partial charge is 0.321 e. The van der Waals surface area contributed by atoms with Crippen LogP contribution in [0.4, 0.5) is 0 Å². The number of fused-ring (bicyclic) bond motifs is 1. The monoisotopic (exact) mass is 381 g/mol. The van der Waals surface area contributed by atoms with Crippen molar-refractivity contribution < 1.29 is 22.5 Å². The van der Waals surface area contributed by atoms with Gasteiger partial charge in [-0.2, -0.15) is 4.72 Å². The van der Waals surface area contributed by atoms with Crippen LogP contribution >= 0.6 is 11.3 Å². The highest BCUT2D eigenvalue weighted by atomic mass is 32.2. The molecule has 3 aromatic rings. The molecule has 0 bridgehead atoms. The molecule has 0 amide bonds. The Labute approximate surface area is 147 Å². The molecule has 10 heteroatoms. The van der Waals surface area contributed by atoms with E-state index >= 15 is 0 Å². The lowest BCUT2D eigenvalue weighted by Gasteiger charge is -2.06.